The molecule has 3 N–H and O–H groups in total. The average molecular weight is 268 g/mol. The number of aromatic carboxylic acids is 1. The second-order valence-electron chi connectivity index (χ2n) is 4.21. The molecule has 0 heterocycles. The number of anilines is 1. The van der Waals surface area contributed by atoms with Gasteiger partial charge in [0.25, 0.3) is 5.69 Å². The van der Waals surface area contributed by atoms with E-state index in [0.29, 0.717) is 12.8 Å². The summed E-state index contributed by atoms with van der Waals surface area (Å²) in [4.78, 5) is 21.2. The number of carboxylic acids is 1. The highest BCUT2D eigenvalue weighted by Crippen LogP contribution is 2.26. The van der Waals surface area contributed by atoms with Gasteiger partial charge in [-0.3, -0.25) is 10.1 Å². The molecule has 0 amide bonds. The molecule has 0 aromatic heterocycles. The molecule has 19 heavy (non-hydrogen) atoms. The average Bonchev–Trinajstić information content (AvgIpc) is 2.35. The van der Waals surface area contributed by atoms with Gasteiger partial charge in [0.1, 0.15) is 5.69 Å². The number of nitro benzene ring substituents is 1. The Bertz CT molecular complexity index is 475. The van der Waals surface area contributed by atoms with E-state index in [-0.39, 0.29) is 29.6 Å². The van der Waals surface area contributed by atoms with Crippen LogP contribution in [0.15, 0.2) is 18.2 Å². The van der Waals surface area contributed by atoms with E-state index >= 15 is 0 Å². The van der Waals surface area contributed by atoms with Gasteiger partial charge >= 0.3 is 5.97 Å². The zero-order valence-electron chi connectivity index (χ0n) is 10.5. The molecular formula is C12H16N2O5. The first-order chi connectivity index (χ1) is 8.95. The van der Waals surface area contributed by atoms with Crippen LogP contribution in [0.25, 0.3) is 0 Å². The lowest BCUT2D eigenvalue weighted by Gasteiger charge is -2.15. The molecular weight excluding hydrogens is 252 g/mol. The fraction of sp³-hybridized carbons (Fsp3) is 0.417. The van der Waals surface area contributed by atoms with Crippen molar-refractivity contribution >= 4 is 17.3 Å². The predicted molar refractivity (Wildman–Crippen MR) is 69.5 cm³/mol. The predicted octanol–water partition coefficient (Wildman–Crippen LogP) is 1.87. The molecule has 0 radical (unpaired) electrons. The van der Waals surface area contributed by atoms with E-state index in [1.54, 1.807) is 0 Å². The largest absolute Gasteiger partial charge is 0.478 e. The third-order valence-corrected chi connectivity index (χ3v) is 2.64. The maximum Gasteiger partial charge on any atom is 0.335 e. The van der Waals surface area contributed by atoms with Crippen LogP contribution in [-0.4, -0.2) is 33.8 Å². The summed E-state index contributed by atoms with van der Waals surface area (Å²) >= 11 is 0. The van der Waals surface area contributed by atoms with Crippen LogP contribution in [0.2, 0.25) is 0 Å². The van der Waals surface area contributed by atoms with Crippen LogP contribution in [0.5, 0.6) is 0 Å². The van der Waals surface area contributed by atoms with Gasteiger partial charge in [0.15, 0.2) is 0 Å². The minimum atomic E-state index is -1.14. The molecule has 1 atom stereocenters. The summed E-state index contributed by atoms with van der Waals surface area (Å²) < 4.78 is 0. The highest BCUT2D eigenvalue weighted by Gasteiger charge is 2.17. The summed E-state index contributed by atoms with van der Waals surface area (Å²) in [6.45, 7) is 1.86. The van der Waals surface area contributed by atoms with Crippen molar-refractivity contribution in [3.8, 4) is 0 Å². The van der Waals surface area contributed by atoms with Crippen LogP contribution < -0.4 is 5.32 Å². The highest BCUT2D eigenvalue weighted by molar-refractivity contribution is 5.90. The topological polar surface area (TPSA) is 113 Å². The minimum Gasteiger partial charge on any atom is -0.478 e. The lowest BCUT2D eigenvalue weighted by Crippen LogP contribution is -2.17. The summed E-state index contributed by atoms with van der Waals surface area (Å²) in [7, 11) is 0. The van der Waals surface area contributed by atoms with Crippen molar-refractivity contribution < 1.29 is 19.9 Å². The zero-order valence-corrected chi connectivity index (χ0v) is 10.5. The van der Waals surface area contributed by atoms with E-state index in [0.717, 1.165) is 0 Å². The number of carboxylic acid groups (broad SMARTS) is 1. The smallest absolute Gasteiger partial charge is 0.335 e. The monoisotopic (exact) mass is 268 g/mol. The zero-order chi connectivity index (χ0) is 14.4. The molecule has 0 bridgehead atoms. The van der Waals surface area contributed by atoms with Crippen molar-refractivity contribution in [1.82, 2.24) is 0 Å². The third kappa shape index (κ3) is 4.22. The summed E-state index contributed by atoms with van der Waals surface area (Å²) in [6, 6.07) is 3.51. The molecule has 0 aliphatic heterocycles. The molecule has 7 heteroatoms. The number of nitrogens with zero attached hydrogens (tertiary/aromatic N) is 1. The molecule has 0 saturated heterocycles. The normalized spacial score (nSPS) is 11.9. The van der Waals surface area contributed by atoms with E-state index < -0.39 is 10.9 Å². The molecule has 7 nitrogen and oxygen atoms in total. The first-order valence-corrected chi connectivity index (χ1v) is 5.85. The van der Waals surface area contributed by atoms with Crippen LogP contribution >= 0.6 is 0 Å². The SMILES string of the molecule is CC(CCCO)Nc1cc(C(=O)O)ccc1[N+](=O)[O-]. The van der Waals surface area contributed by atoms with Crippen molar-refractivity contribution in [2.24, 2.45) is 0 Å². The van der Waals surface area contributed by atoms with E-state index in [4.69, 9.17) is 10.2 Å². The molecule has 0 aliphatic carbocycles. The van der Waals surface area contributed by atoms with E-state index in [1.807, 2.05) is 6.92 Å². The Balaban J connectivity index is 2.97. The molecule has 104 valence electrons. The highest BCUT2D eigenvalue weighted by atomic mass is 16.6. The molecule has 0 saturated carbocycles. The first-order valence-electron chi connectivity index (χ1n) is 5.85. The summed E-state index contributed by atoms with van der Waals surface area (Å²) in [6.07, 6.45) is 1.20. The fourth-order valence-electron chi connectivity index (χ4n) is 1.68. The summed E-state index contributed by atoms with van der Waals surface area (Å²) in [5.41, 5.74) is -0.00125. The first kappa shape index (κ1) is 14.9. The van der Waals surface area contributed by atoms with Gasteiger partial charge in [-0.1, -0.05) is 0 Å². The number of hydrogen-bond acceptors (Lipinski definition) is 5. The number of aliphatic hydroxyl groups is 1. The molecule has 1 unspecified atom stereocenters. The summed E-state index contributed by atoms with van der Waals surface area (Å²) in [5, 5.41) is 31.4. The maximum atomic E-state index is 10.9. The van der Waals surface area contributed by atoms with Gasteiger partial charge in [0.05, 0.1) is 10.5 Å². The van der Waals surface area contributed by atoms with Gasteiger partial charge in [-0.05, 0) is 31.9 Å². The number of hydrogen-bond donors (Lipinski definition) is 3. The minimum absolute atomic E-state index is 0.0116. The Hall–Kier alpha value is -2.15. The number of rotatable bonds is 7. The van der Waals surface area contributed by atoms with Gasteiger partial charge in [-0.15, -0.1) is 0 Å². The van der Waals surface area contributed by atoms with Crippen LogP contribution in [0.3, 0.4) is 0 Å². The Morgan fingerprint density at radius 1 is 1.53 bits per heavy atom. The van der Waals surface area contributed by atoms with Crippen LogP contribution in [0.4, 0.5) is 11.4 Å². The Morgan fingerprint density at radius 2 is 2.21 bits per heavy atom. The van der Waals surface area contributed by atoms with Gasteiger partial charge in [-0.2, -0.15) is 0 Å². The van der Waals surface area contributed by atoms with Gasteiger partial charge < -0.3 is 15.5 Å². The lowest BCUT2D eigenvalue weighted by molar-refractivity contribution is -0.384. The fourth-order valence-corrected chi connectivity index (χ4v) is 1.68. The van der Waals surface area contributed by atoms with E-state index in [1.165, 1.54) is 18.2 Å². The van der Waals surface area contributed by atoms with Crippen molar-refractivity contribution in [3.05, 3.63) is 33.9 Å². The molecule has 1 rings (SSSR count). The maximum absolute atomic E-state index is 10.9. The van der Waals surface area contributed by atoms with Crippen molar-refractivity contribution in [3.63, 3.8) is 0 Å². The second-order valence-corrected chi connectivity index (χ2v) is 4.21. The quantitative estimate of drug-likeness (QED) is 0.514. The summed E-state index contributed by atoms with van der Waals surface area (Å²) in [5.74, 6) is -1.14. The number of nitro groups is 1. The molecule has 1 aromatic carbocycles. The number of aliphatic hydroxyl groups excluding tert-OH is 1. The lowest BCUT2D eigenvalue weighted by atomic mass is 10.1. The van der Waals surface area contributed by atoms with E-state index in [9.17, 15) is 14.9 Å². The number of benzene rings is 1. The van der Waals surface area contributed by atoms with Gasteiger partial charge in [0.2, 0.25) is 0 Å². The Labute approximate surface area is 110 Å². The number of nitrogens with one attached hydrogen (secondary N) is 1. The number of carbonyl (C=O) groups is 1. The molecule has 0 aliphatic rings. The van der Waals surface area contributed by atoms with Crippen LogP contribution in [0, 0.1) is 10.1 Å². The van der Waals surface area contributed by atoms with Crippen molar-refractivity contribution in [2.45, 2.75) is 25.8 Å². The standard InChI is InChI=1S/C12H16N2O5/c1-8(3-2-6-15)13-10-7-9(12(16)17)4-5-11(10)14(18)19/h4-5,7-8,13,15H,2-3,6H2,1H3,(H,16,17). The van der Waals surface area contributed by atoms with Gasteiger partial charge in [-0.25, -0.2) is 4.79 Å². The van der Waals surface area contributed by atoms with E-state index in [2.05, 4.69) is 5.32 Å². The van der Waals surface area contributed by atoms with Crippen molar-refractivity contribution in [1.29, 1.82) is 0 Å². The van der Waals surface area contributed by atoms with Crippen LogP contribution in [-0.2, 0) is 0 Å². The third-order valence-electron chi connectivity index (χ3n) is 2.64. The molecule has 0 fully saturated rings. The second kappa shape index (κ2) is 6.69. The van der Waals surface area contributed by atoms with Crippen molar-refractivity contribution in [2.75, 3.05) is 11.9 Å². The van der Waals surface area contributed by atoms with Crippen LogP contribution in [0.1, 0.15) is 30.1 Å². The Kier molecular flexibility index (Phi) is 5.25. The molecule has 1 aromatic rings. The Morgan fingerprint density at radius 3 is 2.74 bits per heavy atom. The molecule has 0 spiro atoms. The van der Waals surface area contributed by atoms with Gasteiger partial charge in [0, 0.05) is 18.7 Å².